The summed E-state index contributed by atoms with van der Waals surface area (Å²) in [6, 6.07) is 15.0. The molecule has 2 fully saturated rings. The molecule has 0 spiro atoms. The molecule has 1 N–H and O–H groups in total. The highest BCUT2D eigenvalue weighted by molar-refractivity contribution is 6.11. The van der Waals surface area contributed by atoms with Gasteiger partial charge in [-0.3, -0.25) is 19.3 Å². The molecule has 2 aromatic carbocycles. The van der Waals surface area contributed by atoms with E-state index >= 15 is 0 Å². The molecular weight excluding hydrogens is 370 g/mol. The Kier molecular flexibility index (Phi) is 4.66. The van der Waals surface area contributed by atoms with Crippen molar-refractivity contribution in [2.45, 2.75) is 25.3 Å². The summed E-state index contributed by atoms with van der Waals surface area (Å²) in [5.41, 5.74) is 0.594. The Morgan fingerprint density at radius 3 is 2.34 bits per heavy atom. The zero-order chi connectivity index (χ0) is 20.6. The lowest BCUT2D eigenvalue weighted by atomic mass is 9.92. The lowest BCUT2D eigenvalue weighted by molar-refractivity contribution is -0.130. The van der Waals surface area contributed by atoms with Gasteiger partial charge in [0.25, 0.3) is 5.91 Å². The molecule has 0 saturated carbocycles. The van der Waals surface area contributed by atoms with Crippen molar-refractivity contribution in [3.8, 4) is 0 Å². The number of carbonyl (C=O) groups is 4. The molecule has 0 aromatic heterocycles. The van der Waals surface area contributed by atoms with Crippen molar-refractivity contribution in [1.82, 2.24) is 10.2 Å². The average Bonchev–Trinajstić information content (AvgIpc) is 3.25. The van der Waals surface area contributed by atoms with Crippen LogP contribution in [0.25, 0.3) is 0 Å². The van der Waals surface area contributed by atoms with Crippen LogP contribution in [-0.4, -0.2) is 41.6 Å². The molecule has 7 nitrogen and oxygen atoms in total. The summed E-state index contributed by atoms with van der Waals surface area (Å²) in [6.07, 6.45) is 1.36. The third kappa shape index (κ3) is 3.29. The monoisotopic (exact) mass is 391 g/mol. The fraction of sp³-hybridized carbons (Fsp3) is 0.273. The molecule has 7 heteroatoms. The number of hydrogen-bond acceptors (Lipinski definition) is 4. The minimum absolute atomic E-state index is 0.0728. The highest BCUT2D eigenvalue weighted by atomic mass is 16.2. The summed E-state index contributed by atoms with van der Waals surface area (Å²) >= 11 is 0. The highest BCUT2D eigenvalue weighted by Crippen LogP contribution is 2.29. The van der Waals surface area contributed by atoms with Gasteiger partial charge in [-0.15, -0.1) is 0 Å². The highest BCUT2D eigenvalue weighted by Gasteiger charge is 2.49. The van der Waals surface area contributed by atoms with Crippen molar-refractivity contribution in [2.75, 3.05) is 18.0 Å². The van der Waals surface area contributed by atoms with Gasteiger partial charge in [0.2, 0.25) is 5.91 Å². The van der Waals surface area contributed by atoms with E-state index < -0.39 is 17.5 Å². The normalized spacial score (nSPS) is 21.6. The molecule has 0 aliphatic carbocycles. The minimum Gasteiger partial charge on any atom is -0.319 e. The maximum absolute atomic E-state index is 12.9. The quantitative estimate of drug-likeness (QED) is 0.627. The molecule has 1 atom stereocenters. The Labute approximate surface area is 168 Å². The second kappa shape index (κ2) is 7.16. The standard InChI is InChI=1S/C22H21N3O4/c1-22(16-6-3-2-4-7-16)20(28)25(21(29)23-22)14-18(26)15-9-11-17(12-10-15)24-13-5-8-19(24)27/h2-4,6-7,9-12H,5,8,13-14H2,1H3,(H,23,29). The first kappa shape index (κ1) is 18.9. The fourth-order valence-electron chi connectivity index (χ4n) is 3.79. The van der Waals surface area contributed by atoms with Crippen LogP contribution in [0.4, 0.5) is 10.5 Å². The van der Waals surface area contributed by atoms with Crippen LogP contribution in [0.3, 0.4) is 0 Å². The van der Waals surface area contributed by atoms with E-state index in [9.17, 15) is 19.2 Å². The number of ketones is 1. The smallest absolute Gasteiger partial charge is 0.319 e. The number of rotatable bonds is 5. The van der Waals surface area contributed by atoms with Crippen molar-refractivity contribution in [3.05, 3.63) is 65.7 Å². The van der Waals surface area contributed by atoms with Gasteiger partial charge in [0.15, 0.2) is 5.78 Å². The minimum atomic E-state index is -1.20. The van der Waals surface area contributed by atoms with E-state index in [1.807, 2.05) is 6.07 Å². The fourth-order valence-corrected chi connectivity index (χ4v) is 3.79. The Morgan fingerprint density at radius 1 is 1.03 bits per heavy atom. The second-order valence-electron chi connectivity index (χ2n) is 7.43. The van der Waals surface area contributed by atoms with Gasteiger partial charge in [0, 0.05) is 24.2 Å². The summed E-state index contributed by atoms with van der Waals surface area (Å²) < 4.78 is 0. The first-order valence-corrected chi connectivity index (χ1v) is 9.53. The number of imide groups is 1. The van der Waals surface area contributed by atoms with Crippen molar-refractivity contribution in [2.24, 2.45) is 0 Å². The summed E-state index contributed by atoms with van der Waals surface area (Å²) in [5.74, 6) is -0.727. The maximum atomic E-state index is 12.9. The number of Topliss-reactive ketones (excluding diaryl/α,β-unsaturated/α-hetero) is 1. The molecule has 0 radical (unpaired) electrons. The van der Waals surface area contributed by atoms with E-state index in [0.717, 1.165) is 17.0 Å². The molecule has 2 aliphatic rings. The van der Waals surface area contributed by atoms with Crippen LogP contribution in [0.1, 0.15) is 35.7 Å². The number of nitrogens with one attached hydrogen (secondary N) is 1. The first-order chi connectivity index (χ1) is 13.9. The van der Waals surface area contributed by atoms with Crippen molar-refractivity contribution in [3.63, 3.8) is 0 Å². The number of urea groups is 1. The molecule has 2 heterocycles. The second-order valence-corrected chi connectivity index (χ2v) is 7.43. The summed E-state index contributed by atoms with van der Waals surface area (Å²) in [5, 5.41) is 2.70. The third-order valence-corrected chi connectivity index (χ3v) is 5.50. The number of amides is 4. The molecular formula is C22H21N3O4. The van der Waals surface area contributed by atoms with Crippen molar-refractivity contribution < 1.29 is 19.2 Å². The first-order valence-electron chi connectivity index (χ1n) is 9.53. The number of benzene rings is 2. The number of hydrogen-bond donors (Lipinski definition) is 1. The van der Waals surface area contributed by atoms with E-state index in [2.05, 4.69) is 5.32 Å². The van der Waals surface area contributed by atoms with Crippen LogP contribution in [-0.2, 0) is 15.1 Å². The average molecular weight is 391 g/mol. The van der Waals surface area contributed by atoms with Gasteiger partial charge in [0.1, 0.15) is 5.54 Å². The van der Waals surface area contributed by atoms with Crippen molar-refractivity contribution in [1.29, 1.82) is 0 Å². The topological polar surface area (TPSA) is 86.8 Å². The van der Waals surface area contributed by atoms with Gasteiger partial charge < -0.3 is 10.2 Å². The molecule has 0 bridgehead atoms. The van der Waals surface area contributed by atoms with Crippen LogP contribution < -0.4 is 10.2 Å². The van der Waals surface area contributed by atoms with Crippen LogP contribution in [0.2, 0.25) is 0 Å². The summed E-state index contributed by atoms with van der Waals surface area (Å²) in [6.45, 7) is 1.97. The van der Waals surface area contributed by atoms with E-state index in [4.69, 9.17) is 0 Å². The van der Waals surface area contributed by atoms with Crippen LogP contribution in [0.5, 0.6) is 0 Å². The van der Waals surface area contributed by atoms with Crippen LogP contribution >= 0.6 is 0 Å². The Hall–Kier alpha value is -3.48. The summed E-state index contributed by atoms with van der Waals surface area (Å²) in [4.78, 5) is 52.5. The predicted octanol–water partition coefficient (Wildman–Crippen LogP) is 2.46. The molecule has 2 aromatic rings. The van der Waals surface area contributed by atoms with E-state index in [-0.39, 0.29) is 18.2 Å². The molecule has 4 amide bonds. The van der Waals surface area contributed by atoms with Gasteiger partial charge in [-0.25, -0.2) is 4.79 Å². The largest absolute Gasteiger partial charge is 0.325 e. The van der Waals surface area contributed by atoms with Gasteiger partial charge in [-0.05, 0) is 43.2 Å². The Bertz CT molecular complexity index is 987. The molecule has 1 unspecified atom stereocenters. The predicted molar refractivity (Wildman–Crippen MR) is 106 cm³/mol. The molecule has 29 heavy (non-hydrogen) atoms. The Balaban J connectivity index is 1.49. The van der Waals surface area contributed by atoms with Crippen LogP contribution in [0, 0.1) is 0 Å². The SMILES string of the molecule is CC1(c2ccccc2)NC(=O)N(CC(=O)c2ccc(N3CCCC3=O)cc2)C1=O. The van der Waals surface area contributed by atoms with E-state index in [1.54, 1.807) is 60.4 Å². The number of nitrogens with zero attached hydrogens (tertiary/aromatic N) is 2. The summed E-state index contributed by atoms with van der Waals surface area (Å²) in [7, 11) is 0. The van der Waals surface area contributed by atoms with Gasteiger partial charge in [-0.2, -0.15) is 0 Å². The lowest BCUT2D eigenvalue weighted by Crippen LogP contribution is -2.41. The van der Waals surface area contributed by atoms with Crippen LogP contribution in [0.15, 0.2) is 54.6 Å². The van der Waals surface area contributed by atoms with Gasteiger partial charge >= 0.3 is 6.03 Å². The molecule has 2 aliphatic heterocycles. The molecule has 148 valence electrons. The molecule has 2 saturated heterocycles. The third-order valence-electron chi connectivity index (χ3n) is 5.50. The number of carbonyl (C=O) groups excluding carboxylic acids is 4. The van der Waals surface area contributed by atoms with Crippen molar-refractivity contribution >= 4 is 29.3 Å². The van der Waals surface area contributed by atoms with E-state index in [1.165, 1.54) is 0 Å². The van der Waals surface area contributed by atoms with E-state index in [0.29, 0.717) is 24.1 Å². The molecule has 4 rings (SSSR count). The van der Waals surface area contributed by atoms with Gasteiger partial charge in [-0.1, -0.05) is 30.3 Å². The zero-order valence-electron chi connectivity index (χ0n) is 16.1. The maximum Gasteiger partial charge on any atom is 0.325 e. The lowest BCUT2D eigenvalue weighted by Gasteiger charge is -2.22. The van der Waals surface area contributed by atoms with Gasteiger partial charge in [0.05, 0.1) is 6.54 Å². The number of anilines is 1. The Morgan fingerprint density at radius 2 is 1.72 bits per heavy atom. The zero-order valence-corrected chi connectivity index (χ0v) is 16.1.